The van der Waals surface area contributed by atoms with E-state index in [1.807, 2.05) is 12.1 Å². The van der Waals surface area contributed by atoms with E-state index in [9.17, 15) is 5.11 Å². The lowest BCUT2D eigenvalue weighted by molar-refractivity contribution is 0.423. The molecule has 1 aromatic carbocycles. The average Bonchev–Trinajstić information content (AvgIpc) is 2.85. The third-order valence-corrected chi connectivity index (χ3v) is 3.86. The maximum atomic E-state index is 10.7. The van der Waals surface area contributed by atoms with Crippen molar-refractivity contribution in [3.63, 3.8) is 0 Å². The van der Waals surface area contributed by atoms with Crippen molar-refractivity contribution in [1.82, 2.24) is 9.97 Å². The number of phenols is 1. The Labute approximate surface area is 132 Å². The van der Waals surface area contributed by atoms with E-state index < -0.39 is 0 Å². The van der Waals surface area contributed by atoms with E-state index in [0.29, 0.717) is 12.3 Å². The van der Waals surface area contributed by atoms with Crippen molar-refractivity contribution >= 4 is 0 Å². The molecule has 4 heteroatoms. The van der Waals surface area contributed by atoms with E-state index in [4.69, 9.17) is 5.73 Å². The number of aromatic amines is 1. The van der Waals surface area contributed by atoms with Gasteiger partial charge in [-0.05, 0) is 23.0 Å². The Hall–Kier alpha value is -1.81. The first kappa shape index (κ1) is 16.6. The predicted octanol–water partition coefficient (Wildman–Crippen LogP) is 3.84. The first-order valence-corrected chi connectivity index (χ1v) is 7.66. The van der Waals surface area contributed by atoms with Crippen molar-refractivity contribution in [2.75, 3.05) is 0 Å². The van der Waals surface area contributed by atoms with Gasteiger partial charge in [-0.2, -0.15) is 0 Å². The van der Waals surface area contributed by atoms with Crippen molar-refractivity contribution in [3.8, 4) is 17.0 Å². The molecular weight excluding hydrogens is 274 g/mol. The van der Waals surface area contributed by atoms with Gasteiger partial charge in [0.05, 0.1) is 18.4 Å². The normalized spacial score (nSPS) is 12.7. The molecule has 0 bridgehead atoms. The zero-order valence-electron chi connectivity index (χ0n) is 14.4. The van der Waals surface area contributed by atoms with Gasteiger partial charge in [-0.15, -0.1) is 0 Å². The molecule has 0 aliphatic rings. The van der Waals surface area contributed by atoms with Crippen LogP contribution in [0.4, 0.5) is 0 Å². The fraction of sp³-hybridized carbons (Fsp3) is 0.500. The van der Waals surface area contributed by atoms with Gasteiger partial charge >= 0.3 is 0 Å². The van der Waals surface area contributed by atoms with Gasteiger partial charge in [0.25, 0.3) is 0 Å². The molecule has 0 atom stereocenters. The third-order valence-electron chi connectivity index (χ3n) is 3.86. The van der Waals surface area contributed by atoms with Crippen molar-refractivity contribution in [2.45, 2.75) is 58.9 Å². The summed E-state index contributed by atoms with van der Waals surface area (Å²) in [6, 6.07) is 4.08. The van der Waals surface area contributed by atoms with E-state index in [1.165, 1.54) is 0 Å². The van der Waals surface area contributed by atoms with Crippen LogP contribution in [0.15, 0.2) is 18.3 Å². The van der Waals surface area contributed by atoms with Crippen molar-refractivity contribution < 1.29 is 5.11 Å². The molecule has 120 valence electrons. The number of phenolic OH excluding ortho intramolecular Hbond substituents is 1. The number of imidazole rings is 1. The van der Waals surface area contributed by atoms with Crippen LogP contribution in [0, 0.1) is 0 Å². The lowest BCUT2D eigenvalue weighted by atomic mass is 9.78. The second kappa shape index (κ2) is 5.43. The summed E-state index contributed by atoms with van der Waals surface area (Å²) < 4.78 is 0. The fourth-order valence-electron chi connectivity index (χ4n) is 2.55. The van der Waals surface area contributed by atoms with Gasteiger partial charge in [-0.25, -0.2) is 4.98 Å². The first-order valence-electron chi connectivity index (χ1n) is 7.66. The maximum Gasteiger partial charge on any atom is 0.123 e. The summed E-state index contributed by atoms with van der Waals surface area (Å²) >= 11 is 0. The fourth-order valence-corrected chi connectivity index (χ4v) is 2.55. The van der Waals surface area contributed by atoms with E-state index in [-0.39, 0.29) is 10.8 Å². The Morgan fingerprint density at radius 1 is 1.05 bits per heavy atom. The van der Waals surface area contributed by atoms with Crippen LogP contribution in [-0.2, 0) is 17.4 Å². The van der Waals surface area contributed by atoms with Gasteiger partial charge < -0.3 is 15.8 Å². The summed E-state index contributed by atoms with van der Waals surface area (Å²) in [4.78, 5) is 7.51. The average molecular weight is 301 g/mol. The van der Waals surface area contributed by atoms with Crippen LogP contribution in [0.2, 0.25) is 0 Å². The van der Waals surface area contributed by atoms with Gasteiger partial charge in [-0.3, -0.25) is 0 Å². The molecule has 2 aromatic rings. The van der Waals surface area contributed by atoms with Crippen LogP contribution in [0.1, 0.15) is 58.5 Å². The summed E-state index contributed by atoms with van der Waals surface area (Å²) in [6.45, 7) is 13.0. The standard InChI is InChI=1S/C18H27N3O/c1-17(2,3)12-7-11(14-10-20-15(9-19)21-14)8-13(16(12)22)18(4,5)6/h7-8,10,22H,9,19H2,1-6H3,(H,20,21). The number of benzene rings is 1. The topological polar surface area (TPSA) is 74.9 Å². The Bertz CT molecular complexity index is 637. The summed E-state index contributed by atoms with van der Waals surface area (Å²) in [5.74, 6) is 1.15. The number of rotatable bonds is 2. The zero-order valence-corrected chi connectivity index (χ0v) is 14.4. The highest BCUT2D eigenvalue weighted by molar-refractivity contribution is 5.66. The molecule has 0 radical (unpaired) electrons. The Morgan fingerprint density at radius 2 is 1.55 bits per heavy atom. The SMILES string of the molecule is CC(C)(C)c1cc(-c2cnc(CN)[nH]2)cc(C(C)(C)C)c1O. The molecule has 4 N–H and O–H groups in total. The molecule has 0 saturated heterocycles. The monoisotopic (exact) mass is 301 g/mol. The molecule has 0 aliphatic carbocycles. The molecule has 0 fully saturated rings. The van der Waals surface area contributed by atoms with Gasteiger partial charge in [0.1, 0.15) is 11.6 Å². The molecule has 0 unspecified atom stereocenters. The second-order valence-corrected chi connectivity index (χ2v) is 7.87. The van der Waals surface area contributed by atoms with Crippen LogP contribution >= 0.6 is 0 Å². The van der Waals surface area contributed by atoms with E-state index >= 15 is 0 Å². The molecule has 0 amide bonds. The highest BCUT2D eigenvalue weighted by Gasteiger charge is 2.27. The zero-order chi connectivity index (χ0) is 16.7. The number of nitrogens with zero attached hydrogens (tertiary/aromatic N) is 1. The minimum absolute atomic E-state index is 0.142. The molecular formula is C18H27N3O. The number of nitrogens with two attached hydrogens (primary N) is 1. The molecule has 4 nitrogen and oxygen atoms in total. The van der Waals surface area contributed by atoms with Crippen LogP contribution in [-0.4, -0.2) is 15.1 Å². The molecule has 1 heterocycles. The highest BCUT2D eigenvalue weighted by Crippen LogP contribution is 2.41. The molecule has 0 spiro atoms. The van der Waals surface area contributed by atoms with Crippen LogP contribution in [0.5, 0.6) is 5.75 Å². The van der Waals surface area contributed by atoms with E-state index in [2.05, 4.69) is 51.5 Å². The minimum atomic E-state index is -0.142. The number of hydrogen-bond donors (Lipinski definition) is 3. The number of nitrogens with one attached hydrogen (secondary N) is 1. The number of hydrogen-bond acceptors (Lipinski definition) is 3. The quantitative estimate of drug-likeness (QED) is 0.789. The van der Waals surface area contributed by atoms with Gasteiger partial charge in [0, 0.05) is 16.7 Å². The van der Waals surface area contributed by atoms with Crippen molar-refractivity contribution in [3.05, 3.63) is 35.3 Å². The Balaban J connectivity index is 2.70. The van der Waals surface area contributed by atoms with Crippen LogP contribution in [0.3, 0.4) is 0 Å². The minimum Gasteiger partial charge on any atom is -0.507 e. The third kappa shape index (κ3) is 3.17. The van der Waals surface area contributed by atoms with Gasteiger partial charge in [0.2, 0.25) is 0 Å². The van der Waals surface area contributed by atoms with Crippen molar-refractivity contribution in [2.24, 2.45) is 5.73 Å². The highest BCUT2D eigenvalue weighted by atomic mass is 16.3. The van der Waals surface area contributed by atoms with Gasteiger partial charge in [-0.1, -0.05) is 41.5 Å². The summed E-state index contributed by atoms with van der Waals surface area (Å²) in [5, 5.41) is 10.7. The van der Waals surface area contributed by atoms with Gasteiger partial charge in [0.15, 0.2) is 0 Å². The Morgan fingerprint density at radius 3 is 1.91 bits per heavy atom. The number of aromatic hydroxyl groups is 1. The summed E-state index contributed by atoms with van der Waals surface area (Å²) in [7, 11) is 0. The smallest absolute Gasteiger partial charge is 0.123 e. The van der Waals surface area contributed by atoms with Crippen LogP contribution < -0.4 is 5.73 Å². The maximum absolute atomic E-state index is 10.7. The second-order valence-electron chi connectivity index (χ2n) is 7.87. The lowest BCUT2D eigenvalue weighted by Gasteiger charge is -2.28. The molecule has 0 aliphatic heterocycles. The predicted molar refractivity (Wildman–Crippen MR) is 91.0 cm³/mol. The molecule has 2 rings (SSSR count). The van der Waals surface area contributed by atoms with Crippen molar-refractivity contribution in [1.29, 1.82) is 0 Å². The first-order chi connectivity index (χ1) is 10.0. The van der Waals surface area contributed by atoms with E-state index in [1.54, 1.807) is 6.20 Å². The number of aromatic nitrogens is 2. The number of H-pyrrole nitrogens is 1. The Kier molecular flexibility index (Phi) is 4.09. The lowest BCUT2D eigenvalue weighted by Crippen LogP contribution is -2.17. The summed E-state index contributed by atoms with van der Waals surface area (Å²) in [6.07, 6.45) is 1.80. The molecule has 0 saturated carbocycles. The van der Waals surface area contributed by atoms with E-state index in [0.717, 1.165) is 28.2 Å². The summed E-state index contributed by atoms with van der Waals surface area (Å²) in [5.41, 5.74) is 9.19. The molecule has 1 aromatic heterocycles. The largest absolute Gasteiger partial charge is 0.507 e. The molecule has 22 heavy (non-hydrogen) atoms. The van der Waals surface area contributed by atoms with Crippen LogP contribution in [0.25, 0.3) is 11.3 Å².